The Balaban J connectivity index is 1.99. The van der Waals surface area contributed by atoms with Gasteiger partial charge >= 0.3 is 0 Å². The third-order valence-electron chi connectivity index (χ3n) is 3.53. The van der Waals surface area contributed by atoms with E-state index in [4.69, 9.17) is 5.73 Å². The van der Waals surface area contributed by atoms with Crippen molar-refractivity contribution in [2.75, 3.05) is 6.54 Å². The van der Waals surface area contributed by atoms with E-state index >= 15 is 0 Å². The summed E-state index contributed by atoms with van der Waals surface area (Å²) in [5.74, 6) is 2.15. The standard InChI is InChI=1S/C12H25N/c1-2-3-6-11-8-9-12(11)7-4-5-10-13/h11-12H,2-10,13H2,1H3. The van der Waals surface area contributed by atoms with Crippen LogP contribution in [0.2, 0.25) is 0 Å². The first-order valence-corrected chi connectivity index (χ1v) is 6.08. The summed E-state index contributed by atoms with van der Waals surface area (Å²) in [7, 11) is 0. The molecule has 0 aliphatic heterocycles. The quantitative estimate of drug-likeness (QED) is 0.602. The predicted molar refractivity (Wildman–Crippen MR) is 58.6 cm³/mol. The fraction of sp³-hybridized carbons (Fsp3) is 1.00. The third kappa shape index (κ3) is 3.68. The van der Waals surface area contributed by atoms with Crippen molar-refractivity contribution in [1.82, 2.24) is 0 Å². The Hall–Kier alpha value is -0.0400. The molecule has 1 heteroatoms. The Kier molecular flexibility index (Phi) is 5.45. The van der Waals surface area contributed by atoms with Crippen LogP contribution in [0.4, 0.5) is 0 Å². The van der Waals surface area contributed by atoms with Gasteiger partial charge in [-0.1, -0.05) is 39.0 Å². The van der Waals surface area contributed by atoms with Crippen LogP contribution in [0.5, 0.6) is 0 Å². The van der Waals surface area contributed by atoms with Crippen LogP contribution >= 0.6 is 0 Å². The van der Waals surface area contributed by atoms with Crippen molar-refractivity contribution in [1.29, 1.82) is 0 Å². The van der Waals surface area contributed by atoms with Crippen LogP contribution in [-0.4, -0.2) is 6.54 Å². The average molecular weight is 183 g/mol. The minimum Gasteiger partial charge on any atom is -0.330 e. The first-order chi connectivity index (χ1) is 6.38. The molecule has 0 aromatic heterocycles. The fourth-order valence-electron chi connectivity index (χ4n) is 2.42. The van der Waals surface area contributed by atoms with E-state index in [9.17, 15) is 0 Å². The molecular formula is C12H25N. The highest BCUT2D eigenvalue weighted by Gasteiger charge is 2.28. The molecule has 1 aliphatic carbocycles. The van der Waals surface area contributed by atoms with Gasteiger partial charge in [0.05, 0.1) is 0 Å². The first-order valence-electron chi connectivity index (χ1n) is 6.08. The van der Waals surface area contributed by atoms with Crippen molar-refractivity contribution in [3.8, 4) is 0 Å². The summed E-state index contributed by atoms with van der Waals surface area (Å²) in [6.45, 7) is 3.18. The van der Waals surface area contributed by atoms with Gasteiger partial charge in [0.15, 0.2) is 0 Å². The minimum absolute atomic E-state index is 0.881. The lowest BCUT2D eigenvalue weighted by molar-refractivity contribution is 0.146. The summed E-state index contributed by atoms with van der Waals surface area (Å²) in [6, 6.07) is 0. The molecule has 1 saturated carbocycles. The van der Waals surface area contributed by atoms with Gasteiger partial charge in [-0.3, -0.25) is 0 Å². The number of rotatable bonds is 7. The van der Waals surface area contributed by atoms with Crippen molar-refractivity contribution in [3.63, 3.8) is 0 Å². The van der Waals surface area contributed by atoms with Gasteiger partial charge in [0.1, 0.15) is 0 Å². The Morgan fingerprint density at radius 2 is 1.62 bits per heavy atom. The highest BCUT2D eigenvalue weighted by molar-refractivity contribution is 4.80. The van der Waals surface area contributed by atoms with Gasteiger partial charge in [-0.2, -0.15) is 0 Å². The van der Waals surface area contributed by atoms with Gasteiger partial charge in [0, 0.05) is 0 Å². The van der Waals surface area contributed by atoms with Crippen molar-refractivity contribution in [3.05, 3.63) is 0 Å². The molecule has 78 valence electrons. The smallest absolute Gasteiger partial charge is 0.00773 e. The maximum absolute atomic E-state index is 5.49. The number of unbranched alkanes of at least 4 members (excludes halogenated alkanes) is 2. The minimum atomic E-state index is 0.881. The molecule has 0 aromatic rings. The van der Waals surface area contributed by atoms with E-state index in [0.717, 1.165) is 18.4 Å². The number of nitrogens with two attached hydrogens (primary N) is 1. The molecule has 0 amide bonds. The van der Waals surface area contributed by atoms with Gasteiger partial charge in [-0.05, 0) is 37.6 Å². The fourth-order valence-corrected chi connectivity index (χ4v) is 2.42. The molecule has 1 nitrogen and oxygen atoms in total. The molecule has 0 spiro atoms. The van der Waals surface area contributed by atoms with Crippen molar-refractivity contribution >= 4 is 0 Å². The summed E-state index contributed by atoms with van der Waals surface area (Å²) < 4.78 is 0. The second kappa shape index (κ2) is 6.42. The summed E-state index contributed by atoms with van der Waals surface area (Å²) in [6.07, 6.45) is 11.4. The molecular weight excluding hydrogens is 158 g/mol. The molecule has 0 heterocycles. The Morgan fingerprint density at radius 1 is 1.00 bits per heavy atom. The Morgan fingerprint density at radius 3 is 2.08 bits per heavy atom. The SMILES string of the molecule is CCCCC1CCC1CCCCN. The van der Waals surface area contributed by atoms with Gasteiger partial charge in [0.25, 0.3) is 0 Å². The second-order valence-electron chi connectivity index (χ2n) is 4.52. The molecule has 13 heavy (non-hydrogen) atoms. The van der Waals surface area contributed by atoms with E-state index in [1.165, 1.54) is 51.4 Å². The summed E-state index contributed by atoms with van der Waals surface area (Å²) in [5.41, 5.74) is 5.49. The van der Waals surface area contributed by atoms with E-state index in [0.29, 0.717) is 0 Å². The summed E-state index contributed by atoms with van der Waals surface area (Å²) >= 11 is 0. The summed E-state index contributed by atoms with van der Waals surface area (Å²) in [4.78, 5) is 0. The lowest BCUT2D eigenvalue weighted by Crippen LogP contribution is -2.25. The Labute approximate surface area is 83.1 Å². The first kappa shape index (κ1) is 11.0. The van der Waals surface area contributed by atoms with Crippen molar-refractivity contribution < 1.29 is 0 Å². The largest absolute Gasteiger partial charge is 0.330 e. The lowest BCUT2D eigenvalue weighted by atomic mass is 9.69. The van der Waals surface area contributed by atoms with E-state index in [1.807, 2.05) is 0 Å². The van der Waals surface area contributed by atoms with Gasteiger partial charge in [-0.25, -0.2) is 0 Å². The van der Waals surface area contributed by atoms with E-state index in [1.54, 1.807) is 0 Å². The zero-order valence-electron chi connectivity index (χ0n) is 9.10. The van der Waals surface area contributed by atoms with Crippen LogP contribution in [-0.2, 0) is 0 Å². The van der Waals surface area contributed by atoms with E-state index < -0.39 is 0 Å². The van der Waals surface area contributed by atoms with Crippen LogP contribution < -0.4 is 5.73 Å². The van der Waals surface area contributed by atoms with Crippen LogP contribution in [0, 0.1) is 11.8 Å². The monoisotopic (exact) mass is 183 g/mol. The van der Waals surface area contributed by atoms with Crippen LogP contribution in [0.15, 0.2) is 0 Å². The second-order valence-corrected chi connectivity index (χ2v) is 4.52. The molecule has 1 fully saturated rings. The zero-order chi connectivity index (χ0) is 9.52. The van der Waals surface area contributed by atoms with Crippen LogP contribution in [0.1, 0.15) is 58.3 Å². The molecule has 1 aliphatic rings. The molecule has 2 atom stereocenters. The molecule has 0 saturated heterocycles. The highest BCUT2D eigenvalue weighted by atomic mass is 14.5. The third-order valence-corrected chi connectivity index (χ3v) is 3.53. The Bertz CT molecular complexity index is 122. The van der Waals surface area contributed by atoms with Crippen LogP contribution in [0.3, 0.4) is 0 Å². The maximum Gasteiger partial charge on any atom is -0.00773 e. The molecule has 2 N–H and O–H groups in total. The van der Waals surface area contributed by atoms with Crippen molar-refractivity contribution in [2.45, 2.75) is 58.3 Å². The predicted octanol–water partition coefficient (Wildman–Crippen LogP) is 3.33. The van der Waals surface area contributed by atoms with Crippen molar-refractivity contribution in [2.24, 2.45) is 17.6 Å². The van der Waals surface area contributed by atoms with Gasteiger partial charge in [-0.15, -0.1) is 0 Å². The number of hydrogen-bond donors (Lipinski definition) is 1. The average Bonchev–Trinajstić information content (AvgIpc) is 2.11. The molecule has 2 unspecified atom stereocenters. The molecule has 1 rings (SSSR count). The van der Waals surface area contributed by atoms with E-state index in [-0.39, 0.29) is 0 Å². The number of hydrogen-bond acceptors (Lipinski definition) is 1. The maximum atomic E-state index is 5.49. The highest BCUT2D eigenvalue weighted by Crippen LogP contribution is 2.40. The molecule has 0 bridgehead atoms. The zero-order valence-corrected chi connectivity index (χ0v) is 9.10. The molecule has 0 radical (unpaired) electrons. The topological polar surface area (TPSA) is 26.0 Å². The van der Waals surface area contributed by atoms with Gasteiger partial charge < -0.3 is 5.73 Å². The lowest BCUT2D eigenvalue weighted by Gasteiger charge is -2.37. The van der Waals surface area contributed by atoms with Crippen LogP contribution in [0.25, 0.3) is 0 Å². The van der Waals surface area contributed by atoms with Gasteiger partial charge in [0.2, 0.25) is 0 Å². The van der Waals surface area contributed by atoms with E-state index in [2.05, 4.69) is 6.92 Å². The summed E-state index contributed by atoms with van der Waals surface area (Å²) in [5, 5.41) is 0. The molecule has 0 aromatic carbocycles. The normalized spacial score (nSPS) is 27.2.